The van der Waals surface area contributed by atoms with Crippen molar-refractivity contribution < 1.29 is 4.74 Å². The van der Waals surface area contributed by atoms with Crippen LogP contribution in [-0.2, 0) is 0 Å². The van der Waals surface area contributed by atoms with E-state index >= 15 is 0 Å². The summed E-state index contributed by atoms with van der Waals surface area (Å²) in [5, 5.41) is 0. The molecule has 1 aromatic heterocycles. The largest absolute Gasteiger partial charge is 0.492 e. The highest BCUT2D eigenvalue weighted by atomic mass is 79.9. The number of hydrogen-bond donors (Lipinski definition) is 0. The smallest absolute Gasteiger partial charge is 0.137 e. The minimum absolute atomic E-state index is 0.660. The average molecular weight is 228 g/mol. The number of hydrogen-bond acceptors (Lipinski definition) is 2. The van der Waals surface area contributed by atoms with E-state index in [4.69, 9.17) is 4.74 Å². The second-order valence-corrected chi connectivity index (χ2v) is 3.05. The van der Waals surface area contributed by atoms with E-state index in [0.29, 0.717) is 6.61 Å². The normalized spacial score (nSPS) is 9.42. The molecule has 0 bridgehead atoms. The summed E-state index contributed by atoms with van der Waals surface area (Å²) in [6.07, 6.45) is 4.37. The molecule has 1 heterocycles. The van der Waals surface area contributed by atoms with Gasteiger partial charge in [-0.3, -0.25) is 0 Å². The van der Waals surface area contributed by atoms with Crippen molar-refractivity contribution in [2.45, 2.75) is 6.42 Å². The summed E-state index contributed by atoms with van der Waals surface area (Å²) in [6.45, 7) is 4.26. The predicted octanol–water partition coefficient (Wildman–Crippen LogP) is 2.80. The zero-order valence-corrected chi connectivity index (χ0v) is 8.25. The first-order chi connectivity index (χ1) is 5.83. The Hall–Kier alpha value is -0.830. The molecule has 0 aromatic carbocycles. The molecule has 1 aromatic rings. The van der Waals surface area contributed by atoms with Gasteiger partial charge in [-0.15, -0.1) is 6.58 Å². The summed E-state index contributed by atoms with van der Waals surface area (Å²) in [7, 11) is 0. The number of nitrogens with zero attached hydrogens (tertiary/aromatic N) is 1. The van der Waals surface area contributed by atoms with Crippen molar-refractivity contribution in [3.8, 4) is 5.75 Å². The first-order valence-corrected chi connectivity index (χ1v) is 4.47. The standard InChI is InChI=1S/C9H10BrNO/c1-2-3-6-12-8-4-5-9(10)11-7-8/h2,4-5,7H,1,3,6H2. The lowest BCUT2D eigenvalue weighted by atomic mass is 10.4. The van der Waals surface area contributed by atoms with Crippen LogP contribution in [0.5, 0.6) is 5.75 Å². The summed E-state index contributed by atoms with van der Waals surface area (Å²) in [5.41, 5.74) is 0. The zero-order chi connectivity index (χ0) is 8.81. The van der Waals surface area contributed by atoms with Crippen LogP contribution in [0.1, 0.15) is 6.42 Å². The van der Waals surface area contributed by atoms with Gasteiger partial charge < -0.3 is 4.74 Å². The van der Waals surface area contributed by atoms with Gasteiger partial charge in [-0.25, -0.2) is 4.98 Å². The summed E-state index contributed by atoms with van der Waals surface area (Å²) in [4.78, 5) is 4.02. The molecule has 0 aliphatic rings. The molecule has 0 saturated carbocycles. The van der Waals surface area contributed by atoms with Crippen LogP contribution in [0.3, 0.4) is 0 Å². The van der Waals surface area contributed by atoms with Gasteiger partial charge in [0, 0.05) is 0 Å². The first kappa shape index (κ1) is 9.26. The van der Waals surface area contributed by atoms with E-state index < -0.39 is 0 Å². The fourth-order valence-electron chi connectivity index (χ4n) is 0.708. The third kappa shape index (κ3) is 3.05. The quantitative estimate of drug-likeness (QED) is 0.449. The molecule has 0 spiro atoms. The molecule has 0 fully saturated rings. The summed E-state index contributed by atoms with van der Waals surface area (Å²) >= 11 is 3.24. The maximum Gasteiger partial charge on any atom is 0.137 e. The minimum atomic E-state index is 0.660. The first-order valence-electron chi connectivity index (χ1n) is 3.68. The van der Waals surface area contributed by atoms with Crippen molar-refractivity contribution in [2.24, 2.45) is 0 Å². The van der Waals surface area contributed by atoms with Crippen molar-refractivity contribution in [3.05, 3.63) is 35.6 Å². The topological polar surface area (TPSA) is 22.1 Å². The van der Waals surface area contributed by atoms with Crippen molar-refractivity contribution >= 4 is 15.9 Å². The Morgan fingerprint density at radius 3 is 3.00 bits per heavy atom. The predicted molar refractivity (Wildman–Crippen MR) is 52.2 cm³/mol. The molecule has 64 valence electrons. The average Bonchev–Trinajstić information content (AvgIpc) is 2.09. The minimum Gasteiger partial charge on any atom is -0.492 e. The third-order valence-corrected chi connectivity index (χ3v) is 1.76. The molecule has 0 aliphatic carbocycles. The Balaban J connectivity index is 2.42. The van der Waals surface area contributed by atoms with Crippen LogP contribution in [-0.4, -0.2) is 11.6 Å². The molecule has 1 rings (SSSR count). The molecule has 0 unspecified atom stereocenters. The lowest BCUT2D eigenvalue weighted by Gasteiger charge is -2.02. The van der Waals surface area contributed by atoms with Crippen molar-refractivity contribution in [2.75, 3.05) is 6.61 Å². The Morgan fingerprint density at radius 1 is 1.58 bits per heavy atom. The Morgan fingerprint density at radius 2 is 2.42 bits per heavy atom. The molecule has 3 heteroatoms. The number of halogens is 1. The van der Waals surface area contributed by atoms with Crippen molar-refractivity contribution in [1.82, 2.24) is 4.98 Å². The summed E-state index contributed by atoms with van der Waals surface area (Å²) in [5.74, 6) is 0.792. The van der Waals surface area contributed by atoms with Crippen molar-refractivity contribution in [1.29, 1.82) is 0 Å². The monoisotopic (exact) mass is 227 g/mol. The molecule has 0 radical (unpaired) electrons. The summed E-state index contributed by atoms with van der Waals surface area (Å²) < 4.78 is 6.16. The van der Waals surface area contributed by atoms with Crippen LogP contribution in [0.2, 0.25) is 0 Å². The molecule has 0 N–H and O–H groups in total. The van der Waals surface area contributed by atoms with Gasteiger partial charge in [0.1, 0.15) is 10.4 Å². The molecule has 0 atom stereocenters. The van der Waals surface area contributed by atoms with E-state index in [0.717, 1.165) is 16.8 Å². The molecule has 0 aliphatic heterocycles. The van der Waals surface area contributed by atoms with Crippen LogP contribution in [0, 0.1) is 0 Å². The molecular weight excluding hydrogens is 218 g/mol. The number of pyridine rings is 1. The van der Waals surface area contributed by atoms with Crippen LogP contribution in [0.15, 0.2) is 35.6 Å². The van der Waals surface area contributed by atoms with Crippen molar-refractivity contribution in [3.63, 3.8) is 0 Å². The SMILES string of the molecule is C=CCCOc1ccc(Br)nc1. The van der Waals surface area contributed by atoms with Crippen LogP contribution in [0.4, 0.5) is 0 Å². The van der Waals surface area contributed by atoms with Crippen LogP contribution >= 0.6 is 15.9 Å². The fraction of sp³-hybridized carbons (Fsp3) is 0.222. The Bertz CT molecular complexity index is 245. The summed E-state index contributed by atoms with van der Waals surface area (Å²) in [6, 6.07) is 3.73. The van der Waals surface area contributed by atoms with E-state index in [1.807, 2.05) is 18.2 Å². The highest BCUT2D eigenvalue weighted by molar-refractivity contribution is 9.10. The third-order valence-electron chi connectivity index (χ3n) is 1.29. The van der Waals surface area contributed by atoms with Gasteiger partial charge in [0.05, 0.1) is 12.8 Å². The van der Waals surface area contributed by atoms with Gasteiger partial charge >= 0.3 is 0 Å². The molecular formula is C9H10BrNO. The number of aromatic nitrogens is 1. The second kappa shape index (κ2) is 4.93. The Kier molecular flexibility index (Phi) is 3.80. The van der Waals surface area contributed by atoms with Gasteiger partial charge in [-0.05, 0) is 34.5 Å². The van der Waals surface area contributed by atoms with E-state index in [2.05, 4.69) is 27.5 Å². The van der Waals surface area contributed by atoms with Crippen LogP contribution < -0.4 is 4.74 Å². The maximum atomic E-state index is 5.35. The molecule has 0 amide bonds. The molecule has 2 nitrogen and oxygen atoms in total. The highest BCUT2D eigenvalue weighted by Gasteiger charge is 1.92. The van der Waals surface area contributed by atoms with Gasteiger partial charge in [0.15, 0.2) is 0 Å². The lowest BCUT2D eigenvalue weighted by Crippen LogP contribution is -1.95. The van der Waals surface area contributed by atoms with E-state index in [1.54, 1.807) is 6.20 Å². The van der Waals surface area contributed by atoms with Gasteiger partial charge in [0.25, 0.3) is 0 Å². The zero-order valence-electron chi connectivity index (χ0n) is 6.66. The maximum absolute atomic E-state index is 5.35. The number of ether oxygens (including phenoxy) is 1. The van der Waals surface area contributed by atoms with Crippen LogP contribution in [0.25, 0.3) is 0 Å². The molecule has 12 heavy (non-hydrogen) atoms. The second-order valence-electron chi connectivity index (χ2n) is 2.24. The fourth-order valence-corrected chi connectivity index (χ4v) is 0.942. The van der Waals surface area contributed by atoms with Gasteiger partial charge in [-0.2, -0.15) is 0 Å². The van der Waals surface area contributed by atoms with E-state index in [1.165, 1.54) is 0 Å². The van der Waals surface area contributed by atoms with E-state index in [-0.39, 0.29) is 0 Å². The molecule has 0 saturated heterocycles. The lowest BCUT2D eigenvalue weighted by molar-refractivity contribution is 0.323. The highest BCUT2D eigenvalue weighted by Crippen LogP contribution is 2.12. The van der Waals surface area contributed by atoms with Gasteiger partial charge in [0.2, 0.25) is 0 Å². The van der Waals surface area contributed by atoms with Gasteiger partial charge in [-0.1, -0.05) is 6.08 Å². The number of rotatable bonds is 4. The Labute approximate surface area is 80.4 Å². The van der Waals surface area contributed by atoms with E-state index in [9.17, 15) is 0 Å².